The zero-order chi connectivity index (χ0) is 21.5. The highest BCUT2D eigenvalue weighted by Gasteiger charge is 2.59. The van der Waals surface area contributed by atoms with Crippen LogP contribution < -0.4 is 10.2 Å². The summed E-state index contributed by atoms with van der Waals surface area (Å²) < 4.78 is 4.96. The maximum Gasteiger partial charge on any atom is 0.338 e. The molecule has 0 spiro atoms. The van der Waals surface area contributed by atoms with Gasteiger partial charge in [0, 0.05) is 25.6 Å². The van der Waals surface area contributed by atoms with Crippen LogP contribution in [0.2, 0.25) is 0 Å². The van der Waals surface area contributed by atoms with E-state index in [4.69, 9.17) is 4.74 Å². The Hall–Kier alpha value is -3.68. The smallest absolute Gasteiger partial charge is 0.338 e. The number of amides is 3. The van der Waals surface area contributed by atoms with Crippen LogP contribution in [0.3, 0.4) is 0 Å². The third-order valence-corrected chi connectivity index (χ3v) is 5.56. The van der Waals surface area contributed by atoms with Crippen LogP contribution in [0.15, 0.2) is 48.5 Å². The molecule has 0 unspecified atom stereocenters. The number of nitrogens with zero attached hydrogens (tertiary/aromatic N) is 2. The van der Waals surface area contributed by atoms with Gasteiger partial charge in [-0.3, -0.25) is 19.3 Å². The Morgan fingerprint density at radius 2 is 1.80 bits per heavy atom. The van der Waals surface area contributed by atoms with Crippen LogP contribution in [0.4, 0.5) is 11.4 Å². The summed E-state index contributed by atoms with van der Waals surface area (Å²) in [6.07, 6.45) is 0.344. The molecule has 0 aromatic heterocycles. The van der Waals surface area contributed by atoms with E-state index in [9.17, 15) is 19.2 Å². The Kier molecular flexibility index (Phi) is 4.77. The molecule has 8 heteroatoms. The third kappa shape index (κ3) is 2.83. The molecule has 2 heterocycles. The second kappa shape index (κ2) is 7.29. The summed E-state index contributed by atoms with van der Waals surface area (Å²) in [5.74, 6) is -1.46. The van der Waals surface area contributed by atoms with Crippen LogP contribution in [0.5, 0.6) is 0 Å². The predicted octanol–water partition coefficient (Wildman–Crippen LogP) is 2.41. The second-order valence-electron chi connectivity index (χ2n) is 7.18. The van der Waals surface area contributed by atoms with Gasteiger partial charge in [-0.25, -0.2) is 4.79 Å². The van der Waals surface area contributed by atoms with Crippen LogP contribution in [0, 0.1) is 0 Å². The van der Waals surface area contributed by atoms with Crippen LogP contribution >= 0.6 is 0 Å². The standard InChI is InChI=1S/C22H21N3O5/c1-3-30-20(28)14-8-10-15(11-9-14)23-21(29)22-13-12-18(26)25(22)17-7-5-4-6-16(17)19(27)24(22)2/h4-11H,3,12-13H2,1-2H3,(H,23,29)/t22-/m0/s1. The maximum atomic E-state index is 13.4. The molecule has 1 fully saturated rings. The van der Waals surface area contributed by atoms with Gasteiger partial charge in [-0.15, -0.1) is 0 Å². The van der Waals surface area contributed by atoms with Crippen LogP contribution in [-0.4, -0.2) is 47.9 Å². The molecule has 8 nitrogen and oxygen atoms in total. The maximum absolute atomic E-state index is 13.4. The molecule has 1 N–H and O–H groups in total. The fraction of sp³-hybridized carbons (Fsp3) is 0.273. The van der Waals surface area contributed by atoms with Crippen molar-refractivity contribution in [1.82, 2.24) is 4.90 Å². The minimum absolute atomic E-state index is 0.154. The van der Waals surface area contributed by atoms with E-state index < -0.39 is 17.5 Å². The van der Waals surface area contributed by atoms with Gasteiger partial charge < -0.3 is 15.0 Å². The van der Waals surface area contributed by atoms with Crippen molar-refractivity contribution in [2.24, 2.45) is 0 Å². The first-order chi connectivity index (χ1) is 14.4. The van der Waals surface area contributed by atoms with Crippen molar-refractivity contribution in [3.63, 3.8) is 0 Å². The molecular formula is C22H21N3O5. The minimum atomic E-state index is -1.44. The molecule has 30 heavy (non-hydrogen) atoms. The number of ether oxygens (including phenoxy) is 1. The Morgan fingerprint density at radius 1 is 1.10 bits per heavy atom. The van der Waals surface area contributed by atoms with E-state index in [2.05, 4.69) is 5.32 Å². The van der Waals surface area contributed by atoms with Gasteiger partial charge in [0.05, 0.1) is 23.4 Å². The molecular weight excluding hydrogens is 386 g/mol. The number of hydrogen-bond acceptors (Lipinski definition) is 5. The van der Waals surface area contributed by atoms with Gasteiger partial charge in [0.15, 0.2) is 0 Å². The Bertz CT molecular complexity index is 1050. The van der Waals surface area contributed by atoms with E-state index in [0.717, 1.165) is 0 Å². The van der Waals surface area contributed by atoms with Crippen LogP contribution in [0.25, 0.3) is 0 Å². The van der Waals surface area contributed by atoms with Gasteiger partial charge >= 0.3 is 5.97 Å². The fourth-order valence-corrected chi connectivity index (χ4v) is 4.06. The second-order valence-corrected chi connectivity index (χ2v) is 7.18. The molecule has 2 aliphatic rings. The number of rotatable bonds is 4. The van der Waals surface area contributed by atoms with Gasteiger partial charge in [-0.05, 0) is 43.3 Å². The van der Waals surface area contributed by atoms with E-state index in [-0.39, 0.29) is 31.3 Å². The Labute approximate surface area is 173 Å². The molecule has 0 saturated carbocycles. The lowest BCUT2D eigenvalue weighted by Crippen LogP contribution is -2.68. The Morgan fingerprint density at radius 3 is 2.50 bits per heavy atom. The lowest BCUT2D eigenvalue weighted by Gasteiger charge is -2.47. The van der Waals surface area contributed by atoms with Crippen molar-refractivity contribution in [3.05, 3.63) is 59.7 Å². The first-order valence-corrected chi connectivity index (χ1v) is 9.69. The quantitative estimate of drug-likeness (QED) is 0.786. The summed E-state index contributed by atoms with van der Waals surface area (Å²) in [6.45, 7) is 1.99. The summed E-state index contributed by atoms with van der Waals surface area (Å²) >= 11 is 0. The highest BCUT2D eigenvalue weighted by Crippen LogP contribution is 2.44. The van der Waals surface area contributed by atoms with E-state index in [0.29, 0.717) is 22.5 Å². The van der Waals surface area contributed by atoms with E-state index in [1.807, 2.05) is 0 Å². The first kappa shape index (κ1) is 19.6. The first-order valence-electron chi connectivity index (χ1n) is 9.69. The van der Waals surface area contributed by atoms with E-state index in [1.165, 1.54) is 16.8 Å². The summed E-state index contributed by atoms with van der Waals surface area (Å²) in [6, 6.07) is 13.1. The van der Waals surface area contributed by atoms with E-state index >= 15 is 0 Å². The number of anilines is 2. The summed E-state index contributed by atoms with van der Waals surface area (Å²) in [4.78, 5) is 53.7. The van der Waals surface area contributed by atoms with Crippen molar-refractivity contribution in [2.75, 3.05) is 23.9 Å². The van der Waals surface area contributed by atoms with E-state index in [1.54, 1.807) is 55.5 Å². The fourth-order valence-electron chi connectivity index (χ4n) is 4.06. The normalized spacial score (nSPS) is 19.9. The number of hydrogen-bond donors (Lipinski definition) is 1. The third-order valence-electron chi connectivity index (χ3n) is 5.56. The topological polar surface area (TPSA) is 96.0 Å². The molecule has 2 aromatic rings. The van der Waals surface area contributed by atoms with Gasteiger partial charge in [0.25, 0.3) is 11.8 Å². The molecule has 1 saturated heterocycles. The summed E-state index contributed by atoms with van der Waals surface area (Å²) in [5.41, 5.74) is 0.196. The number of likely N-dealkylation sites (N-methyl/N-ethyl adjacent to an activating group) is 1. The average Bonchev–Trinajstić information content (AvgIpc) is 3.11. The molecule has 3 amide bonds. The molecule has 0 aliphatic carbocycles. The van der Waals surface area contributed by atoms with Crippen molar-refractivity contribution in [3.8, 4) is 0 Å². The molecule has 0 bridgehead atoms. The zero-order valence-corrected chi connectivity index (χ0v) is 16.7. The van der Waals surface area contributed by atoms with Crippen molar-refractivity contribution < 1.29 is 23.9 Å². The SMILES string of the molecule is CCOC(=O)c1ccc(NC(=O)[C@]23CCC(=O)N2c2ccccc2C(=O)N3C)cc1. The number of nitrogens with one attached hydrogen (secondary N) is 1. The summed E-state index contributed by atoms with van der Waals surface area (Å²) in [5, 5.41) is 2.80. The molecule has 4 rings (SSSR count). The van der Waals surface area contributed by atoms with Gasteiger partial charge in [-0.1, -0.05) is 12.1 Å². The lowest BCUT2D eigenvalue weighted by atomic mass is 9.96. The molecule has 154 valence electrons. The van der Waals surface area contributed by atoms with Crippen LogP contribution in [-0.2, 0) is 14.3 Å². The zero-order valence-electron chi connectivity index (χ0n) is 16.7. The number of carbonyl (C=O) groups is 4. The number of carbonyl (C=O) groups excluding carboxylic acids is 4. The number of esters is 1. The predicted molar refractivity (Wildman–Crippen MR) is 109 cm³/mol. The van der Waals surface area contributed by atoms with Gasteiger partial charge in [0.1, 0.15) is 0 Å². The lowest BCUT2D eigenvalue weighted by molar-refractivity contribution is -0.128. The van der Waals surface area contributed by atoms with Crippen molar-refractivity contribution >= 4 is 35.1 Å². The average molecular weight is 407 g/mol. The Balaban J connectivity index is 1.67. The van der Waals surface area contributed by atoms with Crippen molar-refractivity contribution in [2.45, 2.75) is 25.4 Å². The number of fused-ring (bicyclic) bond motifs is 3. The number of benzene rings is 2. The van der Waals surface area contributed by atoms with Gasteiger partial charge in [-0.2, -0.15) is 0 Å². The molecule has 2 aromatic carbocycles. The molecule has 0 radical (unpaired) electrons. The highest BCUT2D eigenvalue weighted by atomic mass is 16.5. The molecule has 2 aliphatic heterocycles. The van der Waals surface area contributed by atoms with Crippen molar-refractivity contribution in [1.29, 1.82) is 0 Å². The summed E-state index contributed by atoms with van der Waals surface area (Å²) in [7, 11) is 1.54. The molecule has 1 atom stereocenters. The minimum Gasteiger partial charge on any atom is -0.462 e. The monoisotopic (exact) mass is 407 g/mol. The highest BCUT2D eigenvalue weighted by molar-refractivity contribution is 6.18. The largest absolute Gasteiger partial charge is 0.462 e. The van der Waals surface area contributed by atoms with Crippen LogP contribution in [0.1, 0.15) is 40.5 Å². The van der Waals surface area contributed by atoms with Gasteiger partial charge in [0.2, 0.25) is 11.6 Å². The number of para-hydroxylation sites is 1.